The lowest BCUT2D eigenvalue weighted by Crippen LogP contribution is -2.59. The Kier molecular flexibility index (Phi) is 8.98. The molecular formula is C75H52BN9. The summed E-state index contributed by atoms with van der Waals surface area (Å²) in [7, 11) is 0. The van der Waals surface area contributed by atoms with E-state index in [0.717, 1.165) is 66.1 Å². The fourth-order valence-electron chi connectivity index (χ4n) is 15.3. The Morgan fingerprint density at radius 2 is 0.835 bits per heavy atom. The topological polar surface area (TPSA) is 84.2 Å². The van der Waals surface area contributed by atoms with Crippen LogP contribution in [0.4, 0.5) is 0 Å². The molecule has 10 aromatic carbocycles. The highest BCUT2D eigenvalue weighted by Crippen LogP contribution is 2.47. The molecule has 0 radical (unpaired) electrons. The summed E-state index contributed by atoms with van der Waals surface area (Å²) < 4.78 is 9.56. The van der Waals surface area contributed by atoms with Crippen molar-refractivity contribution in [3.63, 3.8) is 0 Å². The maximum absolute atomic E-state index is 5.72. The van der Waals surface area contributed by atoms with Crippen LogP contribution in [0.5, 0.6) is 0 Å². The standard InChI is InChI=1S/C75H52BN9/c1-74(2,3)42-26-28-60-52(36-42)53-37-43(75(4,5)6)38-57-70(53)82(60)64-34-41(35-65-68(64)76(57)56-23-15-22-51-67-63(83(65)69(51)56)29-27-50-46-18-8-7-16-44(46)45-17-9-10-21-49(45)66(50)67)71-79-72(84-58-24-13-11-19-47(58)54-39-77-32-30-61(54)84)81-73(80-71)85-59-25-14-12-20-48(59)55-40-78-33-31-62(55)85/h7-40H,1-6H3. The fraction of sp³-hybridized carbons (Fsp3) is 0.107. The molecule has 0 saturated carbocycles. The Labute approximate surface area is 488 Å². The van der Waals surface area contributed by atoms with Crippen LogP contribution in [0.25, 0.3) is 154 Å². The van der Waals surface area contributed by atoms with Crippen LogP contribution in [0.2, 0.25) is 0 Å². The van der Waals surface area contributed by atoms with Gasteiger partial charge in [0.05, 0.1) is 33.1 Å². The van der Waals surface area contributed by atoms with Crippen LogP contribution in [0.3, 0.4) is 0 Å². The van der Waals surface area contributed by atoms with E-state index in [-0.39, 0.29) is 17.5 Å². The molecule has 2 aliphatic heterocycles. The Bertz CT molecular complexity index is 5630. The monoisotopic (exact) mass is 1090 g/mol. The van der Waals surface area contributed by atoms with E-state index in [1.165, 1.54) is 97.9 Å². The second-order valence-corrected chi connectivity index (χ2v) is 25.7. The van der Waals surface area contributed by atoms with Crippen molar-refractivity contribution in [3.8, 4) is 34.7 Å². The molecule has 2 aliphatic rings. The number of rotatable bonds is 3. The molecule has 0 aliphatic carbocycles. The maximum atomic E-state index is 5.72. The lowest BCUT2D eigenvalue weighted by molar-refractivity contribution is 0.590. The first-order valence-corrected chi connectivity index (χ1v) is 29.5. The Balaban J connectivity index is 1.000. The smallest absolute Gasteiger partial charge is 0.252 e. The molecule has 0 unspecified atom stereocenters. The Hall–Kier alpha value is -10.4. The molecule has 10 heteroatoms. The van der Waals surface area contributed by atoms with E-state index < -0.39 is 0 Å². The van der Waals surface area contributed by atoms with Crippen molar-refractivity contribution in [2.75, 3.05) is 0 Å². The van der Waals surface area contributed by atoms with Gasteiger partial charge in [-0.15, -0.1) is 0 Å². The summed E-state index contributed by atoms with van der Waals surface area (Å²) in [4.78, 5) is 26.3. The first-order chi connectivity index (χ1) is 41.5. The van der Waals surface area contributed by atoms with Gasteiger partial charge in [-0.1, -0.05) is 163 Å². The molecule has 0 bridgehead atoms. The molecule has 85 heavy (non-hydrogen) atoms. The molecule has 0 fully saturated rings. The molecule has 17 aromatic rings. The molecule has 19 rings (SSSR count). The first-order valence-electron chi connectivity index (χ1n) is 29.5. The SMILES string of the molecule is CC(C)(C)c1ccc2c(c1)c1cc(C(C)(C)C)cc3c1n2-c1cc(-c2nc(-n4c5ccccc5c5cnccc54)nc(-n4c5ccccc5c5cnccc54)n2)cc2c1B3c1cccc3c4c5c6ccccc6c6ccccc6c5ccc4n-2c13. The van der Waals surface area contributed by atoms with E-state index in [2.05, 4.69) is 252 Å². The second-order valence-electron chi connectivity index (χ2n) is 25.7. The zero-order chi connectivity index (χ0) is 56.5. The molecular weight excluding hydrogens is 1040 g/mol. The summed E-state index contributed by atoms with van der Waals surface area (Å²) in [6, 6.07) is 67.9. The van der Waals surface area contributed by atoms with Gasteiger partial charge in [0.15, 0.2) is 5.82 Å². The van der Waals surface area contributed by atoms with Gasteiger partial charge >= 0.3 is 0 Å². The minimum atomic E-state index is -0.125. The van der Waals surface area contributed by atoms with Gasteiger partial charge in [0.25, 0.3) is 6.71 Å². The molecule has 9 heterocycles. The zero-order valence-corrected chi connectivity index (χ0v) is 47.7. The number of para-hydroxylation sites is 3. The highest BCUT2D eigenvalue weighted by atomic mass is 15.3. The van der Waals surface area contributed by atoms with E-state index in [4.69, 9.17) is 15.0 Å². The molecule has 400 valence electrons. The minimum absolute atomic E-state index is 0.0627. The maximum Gasteiger partial charge on any atom is 0.252 e. The van der Waals surface area contributed by atoms with Gasteiger partial charge < -0.3 is 9.13 Å². The predicted octanol–water partition coefficient (Wildman–Crippen LogP) is 15.9. The Morgan fingerprint density at radius 3 is 1.46 bits per heavy atom. The van der Waals surface area contributed by atoms with E-state index >= 15 is 0 Å². The first kappa shape index (κ1) is 47.1. The summed E-state index contributed by atoms with van der Waals surface area (Å²) in [6.07, 6.45) is 7.61. The van der Waals surface area contributed by atoms with E-state index in [1.807, 2.05) is 24.8 Å². The Morgan fingerprint density at radius 1 is 0.341 bits per heavy atom. The van der Waals surface area contributed by atoms with Crippen LogP contribution in [0.1, 0.15) is 52.7 Å². The third-order valence-corrected chi connectivity index (χ3v) is 19.1. The lowest BCUT2D eigenvalue weighted by Gasteiger charge is -2.35. The number of hydrogen-bond donors (Lipinski definition) is 0. The third kappa shape index (κ3) is 6.15. The molecule has 7 aromatic heterocycles. The van der Waals surface area contributed by atoms with Gasteiger partial charge in [0.2, 0.25) is 11.9 Å². The van der Waals surface area contributed by atoms with E-state index in [0.29, 0.717) is 17.7 Å². The number of benzene rings is 10. The van der Waals surface area contributed by atoms with Crippen LogP contribution in [-0.4, -0.2) is 49.9 Å². The fourth-order valence-corrected chi connectivity index (χ4v) is 15.3. The van der Waals surface area contributed by atoms with Crippen LogP contribution in [0, 0.1) is 0 Å². The summed E-state index contributed by atoms with van der Waals surface area (Å²) in [5.41, 5.74) is 18.1. The quantitative estimate of drug-likeness (QED) is 0.130. The van der Waals surface area contributed by atoms with Gasteiger partial charge in [-0.3, -0.25) is 19.1 Å². The summed E-state index contributed by atoms with van der Waals surface area (Å²) in [5, 5.41) is 16.8. The van der Waals surface area contributed by atoms with Crippen molar-refractivity contribution in [3.05, 3.63) is 218 Å². The predicted molar refractivity (Wildman–Crippen MR) is 353 cm³/mol. The number of pyridine rings is 2. The van der Waals surface area contributed by atoms with Crippen LogP contribution >= 0.6 is 0 Å². The highest BCUT2D eigenvalue weighted by Gasteiger charge is 2.42. The van der Waals surface area contributed by atoms with Crippen LogP contribution in [-0.2, 0) is 10.8 Å². The molecule has 0 N–H and O–H groups in total. The number of aromatic nitrogens is 9. The van der Waals surface area contributed by atoms with Gasteiger partial charge in [-0.05, 0) is 126 Å². The second kappa shape index (κ2) is 16.2. The number of hydrogen-bond acceptors (Lipinski definition) is 5. The number of nitrogens with zero attached hydrogens (tertiary/aromatic N) is 9. The van der Waals surface area contributed by atoms with Crippen molar-refractivity contribution in [1.82, 2.24) is 43.2 Å². The lowest BCUT2D eigenvalue weighted by atomic mass is 9.34. The van der Waals surface area contributed by atoms with Gasteiger partial charge in [0, 0.05) is 101 Å². The highest BCUT2D eigenvalue weighted by molar-refractivity contribution is 7.00. The van der Waals surface area contributed by atoms with Gasteiger partial charge in [-0.25, -0.2) is 0 Å². The summed E-state index contributed by atoms with van der Waals surface area (Å²) >= 11 is 0. The van der Waals surface area contributed by atoms with Crippen LogP contribution in [0.15, 0.2) is 207 Å². The molecule has 0 spiro atoms. The van der Waals surface area contributed by atoms with Gasteiger partial charge in [-0.2, -0.15) is 15.0 Å². The van der Waals surface area contributed by atoms with E-state index in [1.54, 1.807) is 0 Å². The minimum Gasteiger partial charge on any atom is -0.310 e. The van der Waals surface area contributed by atoms with Crippen molar-refractivity contribution < 1.29 is 0 Å². The molecule has 0 amide bonds. The summed E-state index contributed by atoms with van der Waals surface area (Å²) in [5.74, 6) is 1.58. The number of fused-ring (bicyclic) bond motifs is 23. The largest absolute Gasteiger partial charge is 0.310 e. The molecule has 0 saturated heterocycles. The van der Waals surface area contributed by atoms with Gasteiger partial charge in [0.1, 0.15) is 0 Å². The van der Waals surface area contributed by atoms with Crippen molar-refractivity contribution >= 4 is 143 Å². The zero-order valence-electron chi connectivity index (χ0n) is 47.7. The van der Waals surface area contributed by atoms with Crippen molar-refractivity contribution in [2.24, 2.45) is 0 Å². The average Bonchev–Trinajstić information content (AvgIpc) is 1.67. The van der Waals surface area contributed by atoms with E-state index in [9.17, 15) is 0 Å². The van der Waals surface area contributed by atoms with Crippen molar-refractivity contribution in [1.29, 1.82) is 0 Å². The molecule has 0 atom stereocenters. The third-order valence-electron chi connectivity index (χ3n) is 19.1. The normalized spacial score (nSPS) is 13.3. The van der Waals surface area contributed by atoms with Crippen LogP contribution < -0.4 is 16.4 Å². The molecule has 9 nitrogen and oxygen atoms in total. The summed E-state index contributed by atoms with van der Waals surface area (Å²) in [6.45, 7) is 13.9. The average molecular weight is 1090 g/mol. The van der Waals surface area contributed by atoms with Crippen molar-refractivity contribution in [2.45, 2.75) is 52.4 Å².